The van der Waals surface area contributed by atoms with Crippen molar-refractivity contribution >= 4 is 35.0 Å². The number of aromatic nitrogens is 3. The molecule has 0 amide bonds. The first-order valence-electron chi connectivity index (χ1n) is 9.15. The predicted molar refractivity (Wildman–Crippen MR) is 109 cm³/mol. The fraction of sp³-hybridized carbons (Fsp3) is 0.500. The zero-order valence-electron chi connectivity index (χ0n) is 15.5. The van der Waals surface area contributed by atoms with Crippen LogP contribution >= 0.6 is 23.4 Å². The number of nitrogen functional groups attached to an aromatic ring is 1. The van der Waals surface area contributed by atoms with Crippen LogP contribution in [0.5, 0.6) is 5.88 Å². The molecule has 2 aromatic heterocycles. The van der Waals surface area contributed by atoms with Crippen molar-refractivity contribution in [3.63, 3.8) is 0 Å². The van der Waals surface area contributed by atoms with E-state index in [2.05, 4.69) is 19.9 Å². The van der Waals surface area contributed by atoms with E-state index in [-0.39, 0.29) is 29.3 Å². The molecule has 1 spiro atoms. The zero-order chi connectivity index (χ0) is 19.9. The molecular weight excluding hydrogens is 400 g/mol. The maximum atomic E-state index is 10.4. The molecule has 4 heterocycles. The van der Waals surface area contributed by atoms with E-state index in [1.807, 2.05) is 6.92 Å². The second-order valence-corrected chi connectivity index (χ2v) is 8.80. The summed E-state index contributed by atoms with van der Waals surface area (Å²) >= 11 is 7.45. The highest BCUT2D eigenvalue weighted by Gasteiger charge is 2.47. The molecule has 0 bridgehead atoms. The summed E-state index contributed by atoms with van der Waals surface area (Å²) in [6.45, 7) is 4.24. The first kappa shape index (κ1) is 19.5. The molecule has 2 fully saturated rings. The van der Waals surface area contributed by atoms with Crippen LogP contribution in [0.15, 0.2) is 28.4 Å². The van der Waals surface area contributed by atoms with Crippen molar-refractivity contribution in [2.75, 3.05) is 30.3 Å². The average molecular weight is 423 g/mol. The Bertz CT molecular complexity index is 877. The zero-order valence-corrected chi connectivity index (χ0v) is 17.1. The Balaban J connectivity index is 1.46. The van der Waals surface area contributed by atoms with Gasteiger partial charge in [0, 0.05) is 35.6 Å². The molecule has 28 heavy (non-hydrogen) atoms. The smallest absolute Gasteiger partial charge is 0.256 e. The van der Waals surface area contributed by atoms with Crippen LogP contribution in [0.1, 0.15) is 19.8 Å². The third-order valence-corrected chi connectivity index (χ3v) is 7.19. The molecule has 150 valence electrons. The minimum atomic E-state index is -0.0977. The number of ether oxygens (including phenoxy) is 1. The minimum absolute atomic E-state index is 0.0206. The normalized spacial score (nSPS) is 24.0. The van der Waals surface area contributed by atoms with Gasteiger partial charge in [-0.15, -0.1) is 0 Å². The van der Waals surface area contributed by atoms with Gasteiger partial charge in [-0.2, -0.15) is 0 Å². The Morgan fingerprint density at radius 1 is 1.36 bits per heavy atom. The second-order valence-electron chi connectivity index (χ2n) is 7.36. The molecule has 0 radical (unpaired) electrons. The number of piperidine rings is 1. The van der Waals surface area contributed by atoms with Crippen molar-refractivity contribution in [3.05, 3.63) is 23.5 Å². The van der Waals surface area contributed by atoms with Crippen LogP contribution in [0.3, 0.4) is 0 Å². The van der Waals surface area contributed by atoms with Crippen LogP contribution in [-0.2, 0) is 4.74 Å². The van der Waals surface area contributed by atoms with Crippen molar-refractivity contribution in [2.24, 2.45) is 11.1 Å². The van der Waals surface area contributed by atoms with Crippen molar-refractivity contribution in [1.82, 2.24) is 15.0 Å². The fourth-order valence-corrected chi connectivity index (χ4v) is 4.91. The summed E-state index contributed by atoms with van der Waals surface area (Å²) in [7, 11) is 0. The molecule has 2 saturated heterocycles. The molecule has 2 aliphatic rings. The van der Waals surface area contributed by atoms with E-state index in [4.69, 9.17) is 27.8 Å². The van der Waals surface area contributed by atoms with Gasteiger partial charge in [0.25, 0.3) is 5.88 Å². The summed E-state index contributed by atoms with van der Waals surface area (Å²) in [6, 6.07) is 1.79. The van der Waals surface area contributed by atoms with Crippen molar-refractivity contribution in [2.45, 2.75) is 41.8 Å². The highest BCUT2D eigenvalue weighted by Crippen LogP contribution is 2.43. The molecule has 0 saturated carbocycles. The maximum absolute atomic E-state index is 10.4. The molecule has 0 aliphatic carbocycles. The Morgan fingerprint density at radius 3 is 2.75 bits per heavy atom. The van der Waals surface area contributed by atoms with E-state index in [0.29, 0.717) is 27.4 Å². The summed E-state index contributed by atoms with van der Waals surface area (Å²) in [4.78, 5) is 15.4. The lowest BCUT2D eigenvalue weighted by Gasteiger charge is -2.41. The number of pyridine rings is 1. The van der Waals surface area contributed by atoms with E-state index in [9.17, 15) is 5.11 Å². The van der Waals surface area contributed by atoms with Crippen LogP contribution < -0.4 is 16.4 Å². The number of halogens is 1. The number of rotatable bonds is 3. The van der Waals surface area contributed by atoms with E-state index < -0.39 is 0 Å². The summed E-state index contributed by atoms with van der Waals surface area (Å²) in [5, 5.41) is 11.3. The van der Waals surface area contributed by atoms with E-state index in [1.54, 1.807) is 18.5 Å². The average Bonchev–Trinajstić information content (AvgIpc) is 2.95. The molecule has 10 heteroatoms. The van der Waals surface area contributed by atoms with Gasteiger partial charge in [-0.05, 0) is 25.8 Å². The molecule has 2 atom stereocenters. The number of nitrogens with zero attached hydrogens (tertiary/aromatic N) is 4. The van der Waals surface area contributed by atoms with Crippen molar-refractivity contribution < 1.29 is 9.84 Å². The Kier molecular flexibility index (Phi) is 5.26. The highest BCUT2D eigenvalue weighted by atomic mass is 35.5. The fourth-order valence-electron chi connectivity index (χ4n) is 3.90. The Hall–Kier alpha value is -1.81. The molecule has 0 unspecified atom stereocenters. The maximum Gasteiger partial charge on any atom is 0.256 e. The number of anilines is 2. The van der Waals surface area contributed by atoms with Crippen molar-refractivity contribution in [1.29, 1.82) is 0 Å². The number of hydrogen-bond donors (Lipinski definition) is 3. The van der Waals surface area contributed by atoms with Gasteiger partial charge in [0.2, 0.25) is 0 Å². The van der Waals surface area contributed by atoms with E-state index in [0.717, 1.165) is 25.9 Å². The summed E-state index contributed by atoms with van der Waals surface area (Å²) in [5.74, 6) is 0.644. The van der Waals surface area contributed by atoms with E-state index >= 15 is 0 Å². The lowest BCUT2D eigenvalue weighted by atomic mass is 9.73. The monoisotopic (exact) mass is 422 g/mol. The topological polar surface area (TPSA) is 123 Å². The molecule has 8 nitrogen and oxygen atoms in total. The minimum Gasteiger partial charge on any atom is -0.491 e. The van der Waals surface area contributed by atoms with Gasteiger partial charge in [0.1, 0.15) is 10.8 Å². The van der Waals surface area contributed by atoms with Gasteiger partial charge in [-0.25, -0.2) is 15.0 Å². The number of hydrogen-bond acceptors (Lipinski definition) is 9. The molecule has 4 rings (SSSR count). The summed E-state index contributed by atoms with van der Waals surface area (Å²) < 4.78 is 5.77. The van der Waals surface area contributed by atoms with Gasteiger partial charge in [0.05, 0.1) is 23.9 Å². The molecule has 5 N–H and O–H groups in total. The van der Waals surface area contributed by atoms with Gasteiger partial charge in [0.15, 0.2) is 5.82 Å². The lowest BCUT2D eigenvalue weighted by molar-refractivity contribution is 0.0973. The Labute approximate surface area is 172 Å². The van der Waals surface area contributed by atoms with Crippen LogP contribution in [0.2, 0.25) is 5.02 Å². The van der Waals surface area contributed by atoms with Crippen LogP contribution in [0, 0.1) is 5.41 Å². The SMILES string of the molecule is C[C@@H]1OCC2(CCN(c3ncc(Sc4ccnc(N)c4Cl)nc3O)CC2)[C@@H]1N. The standard InChI is InChI=1S/C18H23ClN6O2S/c1-10-14(20)18(9-27-10)3-6-25(7-4-18)16-17(26)24-12(8-23-16)28-11-2-5-22-15(21)13(11)19/h2,5,8,10,14H,3-4,6-7,9,20H2,1H3,(H2,21,22)(H,24,26)/t10-,14+/m0/s1. The van der Waals surface area contributed by atoms with Crippen molar-refractivity contribution in [3.8, 4) is 5.88 Å². The van der Waals surface area contributed by atoms with Gasteiger partial charge >= 0.3 is 0 Å². The van der Waals surface area contributed by atoms with Gasteiger partial charge in [-0.1, -0.05) is 23.4 Å². The molecule has 2 aromatic rings. The Morgan fingerprint density at radius 2 is 2.11 bits per heavy atom. The van der Waals surface area contributed by atoms with Crippen LogP contribution in [0.25, 0.3) is 0 Å². The highest BCUT2D eigenvalue weighted by molar-refractivity contribution is 7.99. The number of aromatic hydroxyl groups is 1. The third kappa shape index (κ3) is 3.47. The molecule has 0 aromatic carbocycles. The van der Waals surface area contributed by atoms with Crippen LogP contribution in [-0.4, -0.2) is 51.9 Å². The third-order valence-electron chi connectivity index (χ3n) is 5.71. The van der Waals surface area contributed by atoms with E-state index in [1.165, 1.54) is 11.8 Å². The van der Waals surface area contributed by atoms with Gasteiger partial charge < -0.3 is 26.2 Å². The molecule has 2 aliphatic heterocycles. The van der Waals surface area contributed by atoms with Crippen LogP contribution in [0.4, 0.5) is 11.6 Å². The largest absolute Gasteiger partial charge is 0.491 e. The molecular formula is C18H23ClN6O2S. The second kappa shape index (κ2) is 7.55. The number of nitrogens with two attached hydrogens (primary N) is 2. The lowest BCUT2D eigenvalue weighted by Crippen LogP contribution is -2.50. The quantitative estimate of drug-likeness (QED) is 0.683. The summed E-state index contributed by atoms with van der Waals surface area (Å²) in [5.41, 5.74) is 12.1. The first-order valence-corrected chi connectivity index (χ1v) is 10.3. The predicted octanol–water partition coefficient (Wildman–Crippen LogP) is 2.30. The van der Waals surface area contributed by atoms with Gasteiger partial charge in [-0.3, -0.25) is 0 Å². The summed E-state index contributed by atoms with van der Waals surface area (Å²) in [6.07, 6.45) is 5.10. The first-order chi connectivity index (χ1) is 13.4.